The van der Waals surface area contributed by atoms with Crippen molar-refractivity contribution in [3.8, 4) is 5.75 Å². The number of rotatable bonds is 5. The van der Waals surface area contributed by atoms with Crippen LogP contribution in [0.2, 0.25) is 0 Å². The van der Waals surface area contributed by atoms with E-state index in [9.17, 15) is 13.2 Å². The van der Waals surface area contributed by atoms with Crippen LogP contribution in [0, 0.1) is 6.92 Å². The van der Waals surface area contributed by atoms with Crippen molar-refractivity contribution in [3.05, 3.63) is 53.6 Å². The molecule has 0 atom stereocenters. The molecule has 0 bridgehead atoms. The molecule has 1 aliphatic rings. The minimum atomic E-state index is -3.35. The summed E-state index contributed by atoms with van der Waals surface area (Å²) in [6, 6.07) is 12.9. The van der Waals surface area contributed by atoms with Gasteiger partial charge in [-0.1, -0.05) is 12.1 Å². The van der Waals surface area contributed by atoms with Crippen LogP contribution in [-0.2, 0) is 10.0 Å². The Morgan fingerprint density at radius 3 is 2.36 bits per heavy atom. The molecule has 0 aliphatic carbocycles. The molecule has 0 aromatic heterocycles. The van der Waals surface area contributed by atoms with Crippen LogP contribution < -0.4 is 14.4 Å². The second kappa shape index (κ2) is 8.10. The van der Waals surface area contributed by atoms with Crippen molar-refractivity contribution >= 4 is 27.3 Å². The summed E-state index contributed by atoms with van der Waals surface area (Å²) in [4.78, 5) is 16.9. The normalized spacial score (nSPS) is 14.7. The Labute approximate surface area is 166 Å². The largest absolute Gasteiger partial charge is 0.495 e. The molecule has 7 nitrogen and oxygen atoms in total. The summed E-state index contributed by atoms with van der Waals surface area (Å²) in [7, 11) is -1.70. The number of hydrogen-bond acceptors (Lipinski definition) is 5. The van der Waals surface area contributed by atoms with E-state index in [1.165, 1.54) is 0 Å². The van der Waals surface area contributed by atoms with Gasteiger partial charge in [0, 0.05) is 31.7 Å². The van der Waals surface area contributed by atoms with Crippen LogP contribution in [0.1, 0.15) is 15.9 Å². The van der Waals surface area contributed by atoms with Crippen molar-refractivity contribution in [2.45, 2.75) is 6.92 Å². The third-order valence-corrected chi connectivity index (χ3v) is 5.35. The maximum absolute atomic E-state index is 12.9. The molecular weight excluding hydrogens is 378 g/mol. The highest BCUT2D eigenvalue weighted by Gasteiger charge is 2.24. The fourth-order valence-electron chi connectivity index (χ4n) is 3.33. The first kappa shape index (κ1) is 20.0. The Morgan fingerprint density at radius 2 is 1.75 bits per heavy atom. The lowest BCUT2D eigenvalue weighted by atomic mass is 10.1. The number of aryl methyl sites for hydroxylation is 1. The van der Waals surface area contributed by atoms with E-state index in [2.05, 4.69) is 9.62 Å². The minimum absolute atomic E-state index is 0.0475. The monoisotopic (exact) mass is 403 g/mol. The first-order chi connectivity index (χ1) is 13.3. The van der Waals surface area contributed by atoms with Gasteiger partial charge in [-0.2, -0.15) is 0 Å². The maximum Gasteiger partial charge on any atom is 0.253 e. The van der Waals surface area contributed by atoms with Gasteiger partial charge in [-0.25, -0.2) is 8.42 Å². The zero-order valence-electron chi connectivity index (χ0n) is 16.3. The predicted octanol–water partition coefficient (Wildman–Crippen LogP) is 2.34. The number of amides is 1. The van der Waals surface area contributed by atoms with Crippen LogP contribution in [0.5, 0.6) is 5.75 Å². The molecule has 1 fully saturated rings. The van der Waals surface area contributed by atoms with Gasteiger partial charge in [0.05, 0.1) is 24.7 Å². The number of sulfonamides is 1. The first-order valence-corrected chi connectivity index (χ1v) is 10.9. The number of nitrogens with one attached hydrogen (secondary N) is 1. The predicted molar refractivity (Wildman–Crippen MR) is 111 cm³/mol. The van der Waals surface area contributed by atoms with E-state index in [0.29, 0.717) is 29.9 Å². The van der Waals surface area contributed by atoms with Gasteiger partial charge in [0.1, 0.15) is 5.75 Å². The smallest absolute Gasteiger partial charge is 0.253 e. The summed E-state index contributed by atoms with van der Waals surface area (Å²) in [5.74, 6) is 0.778. The van der Waals surface area contributed by atoms with Crippen LogP contribution in [0.15, 0.2) is 42.5 Å². The lowest BCUT2D eigenvalue weighted by Crippen LogP contribution is -2.48. The molecule has 0 saturated carbocycles. The molecular formula is C20H25N3O4S. The van der Waals surface area contributed by atoms with E-state index in [-0.39, 0.29) is 5.91 Å². The second-order valence-electron chi connectivity index (χ2n) is 6.86. The average Bonchev–Trinajstić information content (AvgIpc) is 2.68. The van der Waals surface area contributed by atoms with Crippen LogP contribution >= 0.6 is 0 Å². The minimum Gasteiger partial charge on any atom is -0.495 e. The average molecular weight is 404 g/mol. The van der Waals surface area contributed by atoms with Crippen molar-refractivity contribution < 1.29 is 17.9 Å². The van der Waals surface area contributed by atoms with E-state index in [4.69, 9.17) is 4.74 Å². The van der Waals surface area contributed by atoms with E-state index >= 15 is 0 Å². The quantitative estimate of drug-likeness (QED) is 0.829. The van der Waals surface area contributed by atoms with Crippen LogP contribution in [0.4, 0.5) is 11.4 Å². The van der Waals surface area contributed by atoms with Gasteiger partial charge in [0.15, 0.2) is 0 Å². The number of hydrogen-bond donors (Lipinski definition) is 1. The van der Waals surface area contributed by atoms with Crippen LogP contribution in [0.25, 0.3) is 0 Å². The van der Waals surface area contributed by atoms with Gasteiger partial charge in [-0.3, -0.25) is 9.52 Å². The molecule has 1 N–H and O–H groups in total. The summed E-state index contributed by atoms with van der Waals surface area (Å²) in [5, 5.41) is 0. The van der Waals surface area contributed by atoms with Crippen molar-refractivity contribution in [2.24, 2.45) is 0 Å². The van der Waals surface area contributed by atoms with E-state index in [0.717, 1.165) is 30.8 Å². The molecule has 2 aromatic carbocycles. The number of anilines is 2. The lowest BCUT2D eigenvalue weighted by Gasteiger charge is -2.36. The highest BCUT2D eigenvalue weighted by molar-refractivity contribution is 7.92. The van der Waals surface area contributed by atoms with Gasteiger partial charge < -0.3 is 14.5 Å². The molecule has 0 radical (unpaired) electrons. The molecule has 3 rings (SSSR count). The summed E-state index contributed by atoms with van der Waals surface area (Å²) < 4.78 is 30.7. The molecule has 2 aromatic rings. The maximum atomic E-state index is 12.9. The molecule has 1 amide bonds. The Balaban J connectivity index is 1.68. The molecule has 1 saturated heterocycles. The van der Waals surface area contributed by atoms with E-state index < -0.39 is 10.0 Å². The standard InChI is InChI=1S/C20H25N3O4S/c1-15-14-16(8-9-17(15)21-28(3,25)26)20(24)23-12-10-22(11-13-23)18-6-4-5-7-19(18)27-2/h4-9,14,21H,10-13H2,1-3H3. The highest BCUT2D eigenvalue weighted by Crippen LogP contribution is 2.28. The number of para-hydroxylation sites is 2. The summed E-state index contributed by atoms with van der Waals surface area (Å²) in [6.45, 7) is 4.44. The van der Waals surface area contributed by atoms with Crippen LogP contribution in [0.3, 0.4) is 0 Å². The number of ether oxygens (including phenoxy) is 1. The first-order valence-electron chi connectivity index (χ1n) is 9.04. The second-order valence-corrected chi connectivity index (χ2v) is 8.60. The number of carbonyl (C=O) groups excluding carboxylic acids is 1. The van der Waals surface area contributed by atoms with Gasteiger partial charge in [0.2, 0.25) is 10.0 Å². The fraction of sp³-hybridized carbons (Fsp3) is 0.350. The Morgan fingerprint density at radius 1 is 1.07 bits per heavy atom. The van der Waals surface area contributed by atoms with Crippen molar-refractivity contribution in [2.75, 3.05) is 49.2 Å². The molecule has 0 spiro atoms. The number of carbonyl (C=O) groups is 1. The van der Waals surface area contributed by atoms with Crippen molar-refractivity contribution in [3.63, 3.8) is 0 Å². The third-order valence-electron chi connectivity index (χ3n) is 4.76. The molecule has 1 aliphatic heterocycles. The highest BCUT2D eigenvalue weighted by atomic mass is 32.2. The number of benzene rings is 2. The summed E-state index contributed by atoms with van der Waals surface area (Å²) in [6.07, 6.45) is 1.10. The third kappa shape index (κ3) is 4.56. The Bertz CT molecular complexity index is 967. The summed E-state index contributed by atoms with van der Waals surface area (Å²) in [5.41, 5.74) is 2.79. The van der Waals surface area contributed by atoms with Gasteiger partial charge in [-0.05, 0) is 42.8 Å². The van der Waals surface area contributed by atoms with Gasteiger partial charge in [-0.15, -0.1) is 0 Å². The molecule has 1 heterocycles. The molecule has 0 unspecified atom stereocenters. The molecule has 8 heteroatoms. The number of piperazine rings is 1. The topological polar surface area (TPSA) is 79.0 Å². The summed E-state index contributed by atoms with van der Waals surface area (Å²) >= 11 is 0. The zero-order valence-corrected chi connectivity index (χ0v) is 17.1. The number of nitrogens with zero attached hydrogens (tertiary/aromatic N) is 2. The van der Waals surface area contributed by atoms with Crippen molar-refractivity contribution in [1.29, 1.82) is 0 Å². The Hall–Kier alpha value is -2.74. The van der Waals surface area contributed by atoms with Gasteiger partial charge in [0.25, 0.3) is 5.91 Å². The Kier molecular flexibility index (Phi) is 5.79. The van der Waals surface area contributed by atoms with Crippen molar-refractivity contribution in [1.82, 2.24) is 4.90 Å². The number of methoxy groups -OCH3 is 1. The lowest BCUT2D eigenvalue weighted by molar-refractivity contribution is 0.0746. The van der Waals surface area contributed by atoms with E-state index in [1.807, 2.05) is 29.2 Å². The molecule has 28 heavy (non-hydrogen) atoms. The van der Waals surface area contributed by atoms with Gasteiger partial charge >= 0.3 is 0 Å². The fourth-order valence-corrected chi connectivity index (χ4v) is 3.96. The van der Waals surface area contributed by atoms with E-state index in [1.54, 1.807) is 32.2 Å². The molecule has 150 valence electrons. The SMILES string of the molecule is COc1ccccc1N1CCN(C(=O)c2ccc(NS(C)(=O)=O)c(C)c2)CC1. The van der Waals surface area contributed by atoms with Crippen LogP contribution in [-0.4, -0.2) is 58.8 Å². The zero-order chi connectivity index (χ0) is 20.3.